The molecular formula is C14H22ClN3O. The van der Waals surface area contributed by atoms with Crippen LogP contribution in [0.2, 0.25) is 5.02 Å². The van der Waals surface area contributed by atoms with E-state index in [1.165, 1.54) is 5.56 Å². The van der Waals surface area contributed by atoms with E-state index in [1.807, 2.05) is 45.2 Å². The Morgan fingerprint density at radius 3 is 2.26 bits per heavy atom. The lowest BCUT2D eigenvalue weighted by atomic mass is 9.98. The van der Waals surface area contributed by atoms with Gasteiger partial charge in [-0.05, 0) is 38.6 Å². The summed E-state index contributed by atoms with van der Waals surface area (Å²) in [6, 6.07) is 8.03. The van der Waals surface area contributed by atoms with Gasteiger partial charge in [0.25, 0.3) is 0 Å². The molecule has 1 amide bonds. The van der Waals surface area contributed by atoms with Crippen molar-refractivity contribution >= 4 is 17.5 Å². The number of nitrogens with one attached hydrogen (secondary N) is 1. The molecule has 0 saturated heterocycles. The second-order valence-corrected chi connectivity index (χ2v) is 5.37. The fraction of sp³-hybridized carbons (Fsp3) is 0.500. The van der Waals surface area contributed by atoms with Crippen molar-refractivity contribution in [3.8, 4) is 0 Å². The van der Waals surface area contributed by atoms with E-state index in [-0.39, 0.29) is 23.9 Å². The number of amides is 1. The molecule has 0 bridgehead atoms. The fourth-order valence-electron chi connectivity index (χ4n) is 2.03. The van der Waals surface area contributed by atoms with Crippen LogP contribution in [0, 0.1) is 5.92 Å². The van der Waals surface area contributed by atoms with E-state index < -0.39 is 0 Å². The fourth-order valence-corrected chi connectivity index (χ4v) is 2.16. The number of carbonyl (C=O) groups excluding carboxylic acids is 1. The molecule has 0 heterocycles. The summed E-state index contributed by atoms with van der Waals surface area (Å²) >= 11 is 5.89. The lowest BCUT2D eigenvalue weighted by molar-refractivity contribution is -0.126. The van der Waals surface area contributed by atoms with Crippen LogP contribution in [0.15, 0.2) is 24.3 Å². The molecule has 0 spiro atoms. The van der Waals surface area contributed by atoms with Crippen molar-refractivity contribution in [1.29, 1.82) is 0 Å². The van der Waals surface area contributed by atoms with Crippen LogP contribution in [0.3, 0.4) is 0 Å². The number of hydrogen-bond donors (Lipinski definition) is 2. The SMILES string of the molecule is CC(C(=O)NN)C(C)N(C)C(C)c1ccc(Cl)cc1. The highest BCUT2D eigenvalue weighted by Gasteiger charge is 2.26. The molecule has 0 aromatic heterocycles. The molecule has 1 aromatic rings. The third-order valence-corrected chi connectivity index (χ3v) is 4.14. The maximum Gasteiger partial charge on any atom is 0.238 e. The number of halogens is 1. The van der Waals surface area contributed by atoms with Gasteiger partial charge in [-0.2, -0.15) is 0 Å². The Bertz CT molecular complexity index is 421. The first kappa shape index (κ1) is 16.0. The van der Waals surface area contributed by atoms with Gasteiger partial charge >= 0.3 is 0 Å². The van der Waals surface area contributed by atoms with Crippen LogP contribution in [0.25, 0.3) is 0 Å². The van der Waals surface area contributed by atoms with Crippen molar-refractivity contribution in [1.82, 2.24) is 10.3 Å². The zero-order valence-corrected chi connectivity index (χ0v) is 12.6. The predicted molar refractivity (Wildman–Crippen MR) is 78.6 cm³/mol. The van der Waals surface area contributed by atoms with Crippen LogP contribution in [0.4, 0.5) is 0 Å². The summed E-state index contributed by atoms with van der Waals surface area (Å²) in [4.78, 5) is 13.7. The average molecular weight is 284 g/mol. The zero-order valence-electron chi connectivity index (χ0n) is 11.9. The first-order valence-electron chi connectivity index (χ1n) is 6.36. The van der Waals surface area contributed by atoms with E-state index in [4.69, 9.17) is 17.4 Å². The molecular weight excluding hydrogens is 262 g/mol. The summed E-state index contributed by atoms with van der Waals surface area (Å²) in [5, 5.41) is 0.725. The van der Waals surface area contributed by atoms with Crippen LogP contribution in [0.1, 0.15) is 32.4 Å². The minimum Gasteiger partial charge on any atom is -0.296 e. The van der Waals surface area contributed by atoms with Gasteiger partial charge in [0.2, 0.25) is 5.91 Å². The number of rotatable bonds is 5. The molecule has 3 N–H and O–H groups in total. The Labute approximate surface area is 119 Å². The predicted octanol–water partition coefficient (Wildman–Crippen LogP) is 2.35. The molecule has 19 heavy (non-hydrogen) atoms. The van der Waals surface area contributed by atoms with E-state index >= 15 is 0 Å². The molecule has 0 aliphatic heterocycles. The summed E-state index contributed by atoms with van der Waals surface area (Å²) < 4.78 is 0. The number of nitrogens with two attached hydrogens (primary N) is 1. The molecule has 0 fully saturated rings. The smallest absolute Gasteiger partial charge is 0.238 e. The van der Waals surface area contributed by atoms with Gasteiger partial charge < -0.3 is 0 Å². The first-order valence-corrected chi connectivity index (χ1v) is 6.74. The van der Waals surface area contributed by atoms with E-state index in [9.17, 15) is 4.79 Å². The van der Waals surface area contributed by atoms with Crippen LogP contribution in [0.5, 0.6) is 0 Å². The van der Waals surface area contributed by atoms with Gasteiger partial charge in [-0.1, -0.05) is 30.7 Å². The summed E-state index contributed by atoms with van der Waals surface area (Å²) in [7, 11) is 2.00. The second-order valence-electron chi connectivity index (χ2n) is 4.93. The topological polar surface area (TPSA) is 58.4 Å². The minimum atomic E-state index is -0.176. The standard InChI is InChI=1S/C14H22ClN3O/c1-9(14(19)17-16)10(2)18(4)11(3)12-5-7-13(15)8-6-12/h5-11H,16H2,1-4H3,(H,17,19). The normalized spacial score (nSPS) is 15.9. The number of hydrogen-bond acceptors (Lipinski definition) is 3. The van der Waals surface area contributed by atoms with E-state index in [1.54, 1.807) is 0 Å². The lowest BCUT2D eigenvalue weighted by Gasteiger charge is -2.34. The third-order valence-electron chi connectivity index (χ3n) is 3.89. The molecule has 1 aromatic carbocycles. The average Bonchev–Trinajstić information content (AvgIpc) is 2.44. The van der Waals surface area contributed by atoms with Crippen LogP contribution >= 0.6 is 11.6 Å². The van der Waals surface area contributed by atoms with Crippen molar-refractivity contribution in [2.24, 2.45) is 11.8 Å². The van der Waals surface area contributed by atoms with Gasteiger partial charge in [0, 0.05) is 17.1 Å². The summed E-state index contributed by atoms with van der Waals surface area (Å²) in [6.07, 6.45) is 0. The van der Waals surface area contributed by atoms with Gasteiger partial charge in [0.1, 0.15) is 0 Å². The quantitative estimate of drug-likeness (QED) is 0.495. The van der Waals surface area contributed by atoms with Gasteiger partial charge in [-0.25, -0.2) is 5.84 Å². The highest BCUT2D eigenvalue weighted by atomic mass is 35.5. The molecule has 3 unspecified atom stereocenters. The Balaban J connectivity index is 2.78. The number of benzene rings is 1. The minimum absolute atomic E-state index is 0.0780. The Morgan fingerprint density at radius 2 is 1.79 bits per heavy atom. The Hall–Kier alpha value is -1.10. The molecule has 106 valence electrons. The highest BCUT2D eigenvalue weighted by Crippen LogP contribution is 2.24. The molecule has 0 aliphatic carbocycles. The summed E-state index contributed by atoms with van der Waals surface area (Å²) in [5.74, 6) is 4.86. The Kier molecular flexibility index (Phi) is 5.79. The van der Waals surface area contributed by atoms with E-state index in [0.717, 1.165) is 5.02 Å². The van der Waals surface area contributed by atoms with Crippen molar-refractivity contribution in [3.05, 3.63) is 34.9 Å². The van der Waals surface area contributed by atoms with Crippen molar-refractivity contribution in [2.75, 3.05) is 7.05 Å². The van der Waals surface area contributed by atoms with Crippen LogP contribution in [-0.2, 0) is 4.79 Å². The molecule has 0 radical (unpaired) electrons. The molecule has 0 aliphatic rings. The molecule has 3 atom stereocenters. The number of hydrazine groups is 1. The lowest BCUT2D eigenvalue weighted by Crippen LogP contribution is -2.45. The molecule has 4 nitrogen and oxygen atoms in total. The van der Waals surface area contributed by atoms with Crippen molar-refractivity contribution in [3.63, 3.8) is 0 Å². The van der Waals surface area contributed by atoms with Gasteiger partial charge in [-0.15, -0.1) is 0 Å². The van der Waals surface area contributed by atoms with E-state index in [2.05, 4.69) is 17.2 Å². The summed E-state index contributed by atoms with van der Waals surface area (Å²) in [6.45, 7) is 6.00. The molecule has 1 rings (SSSR count). The van der Waals surface area contributed by atoms with Crippen molar-refractivity contribution in [2.45, 2.75) is 32.9 Å². The molecule has 5 heteroatoms. The summed E-state index contributed by atoms with van der Waals surface area (Å²) in [5.41, 5.74) is 3.37. The van der Waals surface area contributed by atoms with E-state index in [0.29, 0.717) is 0 Å². The van der Waals surface area contributed by atoms with Gasteiger partial charge in [-0.3, -0.25) is 15.1 Å². The Morgan fingerprint density at radius 1 is 1.26 bits per heavy atom. The van der Waals surface area contributed by atoms with Crippen LogP contribution in [-0.4, -0.2) is 23.9 Å². The van der Waals surface area contributed by atoms with Crippen LogP contribution < -0.4 is 11.3 Å². The largest absolute Gasteiger partial charge is 0.296 e. The second kappa shape index (κ2) is 6.89. The molecule has 0 saturated carbocycles. The first-order chi connectivity index (χ1) is 8.88. The maximum atomic E-state index is 11.6. The zero-order chi connectivity index (χ0) is 14.6. The third kappa shape index (κ3) is 3.93. The number of carbonyl (C=O) groups is 1. The highest BCUT2D eigenvalue weighted by molar-refractivity contribution is 6.30. The number of nitrogens with zero attached hydrogens (tertiary/aromatic N) is 1. The monoisotopic (exact) mass is 283 g/mol. The maximum absolute atomic E-state index is 11.6. The van der Waals surface area contributed by atoms with Gasteiger partial charge in [0.05, 0.1) is 5.92 Å². The van der Waals surface area contributed by atoms with Gasteiger partial charge in [0.15, 0.2) is 0 Å². The van der Waals surface area contributed by atoms with Crippen molar-refractivity contribution < 1.29 is 4.79 Å².